The summed E-state index contributed by atoms with van der Waals surface area (Å²) in [6.45, 7) is 9.74. The summed E-state index contributed by atoms with van der Waals surface area (Å²) in [5.41, 5.74) is 0. The van der Waals surface area contributed by atoms with Gasteiger partial charge < -0.3 is 10.2 Å². The number of likely N-dealkylation sites (N-methyl/N-ethyl adjacent to an activating group) is 1. The van der Waals surface area contributed by atoms with Crippen LogP contribution in [0.1, 0.15) is 20.8 Å². The summed E-state index contributed by atoms with van der Waals surface area (Å²) in [4.78, 5) is 15.9. The highest BCUT2D eigenvalue weighted by molar-refractivity contribution is 5.78. The van der Waals surface area contributed by atoms with E-state index in [0.717, 1.165) is 19.6 Å². The van der Waals surface area contributed by atoms with E-state index < -0.39 is 0 Å². The highest BCUT2D eigenvalue weighted by Crippen LogP contribution is 2.04. The Hall–Kier alpha value is -0.610. The van der Waals surface area contributed by atoms with Gasteiger partial charge in [-0.25, -0.2) is 0 Å². The maximum atomic E-state index is 11.9. The van der Waals surface area contributed by atoms with Crippen LogP contribution >= 0.6 is 0 Å². The van der Waals surface area contributed by atoms with Crippen molar-refractivity contribution in [3.8, 4) is 0 Å². The number of carbonyl (C=O) groups excluding carboxylic acids is 1. The minimum absolute atomic E-state index is 0.221. The summed E-state index contributed by atoms with van der Waals surface area (Å²) in [5, 5.41) is 3.32. The molecule has 1 aliphatic heterocycles. The molecule has 0 aromatic heterocycles. The highest BCUT2D eigenvalue weighted by atomic mass is 16.2. The normalized spacial score (nSPS) is 23.1. The predicted octanol–water partition coefficient (Wildman–Crippen LogP) is 0.147. The van der Waals surface area contributed by atoms with Crippen molar-refractivity contribution in [3.05, 3.63) is 0 Å². The summed E-state index contributed by atoms with van der Waals surface area (Å²) >= 11 is 0. The summed E-state index contributed by atoms with van der Waals surface area (Å²) in [6.07, 6.45) is 0. The number of nitrogens with one attached hydrogen (secondary N) is 1. The van der Waals surface area contributed by atoms with Crippen molar-refractivity contribution in [2.75, 3.05) is 33.2 Å². The molecule has 1 N–H and O–H groups in total. The van der Waals surface area contributed by atoms with Crippen molar-refractivity contribution in [1.29, 1.82) is 0 Å². The lowest BCUT2D eigenvalue weighted by atomic mass is 10.2. The number of hydrogen-bond acceptors (Lipinski definition) is 3. The van der Waals surface area contributed by atoms with Gasteiger partial charge in [-0.1, -0.05) is 0 Å². The fourth-order valence-corrected chi connectivity index (χ4v) is 1.69. The summed E-state index contributed by atoms with van der Waals surface area (Å²) in [5.74, 6) is 0.221. The van der Waals surface area contributed by atoms with Crippen molar-refractivity contribution in [2.24, 2.45) is 0 Å². The van der Waals surface area contributed by atoms with Crippen molar-refractivity contribution < 1.29 is 4.79 Å². The number of rotatable bonds is 3. The topological polar surface area (TPSA) is 35.6 Å². The van der Waals surface area contributed by atoms with Gasteiger partial charge in [-0.2, -0.15) is 0 Å². The second kappa shape index (κ2) is 5.47. The van der Waals surface area contributed by atoms with Crippen LogP contribution in [-0.2, 0) is 4.79 Å². The van der Waals surface area contributed by atoms with Crippen LogP contribution in [-0.4, -0.2) is 61.0 Å². The molecule has 0 spiro atoms. The minimum atomic E-state index is 0.221. The quantitative estimate of drug-likeness (QED) is 0.725. The fourth-order valence-electron chi connectivity index (χ4n) is 1.69. The molecular formula is C11H23N3O. The molecule has 1 rings (SSSR count). The van der Waals surface area contributed by atoms with E-state index in [9.17, 15) is 4.79 Å². The van der Waals surface area contributed by atoms with Crippen molar-refractivity contribution in [2.45, 2.75) is 32.9 Å². The maximum Gasteiger partial charge on any atom is 0.236 e. The van der Waals surface area contributed by atoms with Gasteiger partial charge >= 0.3 is 0 Å². The molecule has 0 aromatic carbocycles. The van der Waals surface area contributed by atoms with E-state index in [1.165, 1.54) is 0 Å². The lowest BCUT2D eigenvalue weighted by Crippen LogP contribution is -2.53. The Bertz CT molecular complexity index is 218. The van der Waals surface area contributed by atoms with Crippen molar-refractivity contribution in [1.82, 2.24) is 15.1 Å². The van der Waals surface area contributed by atoms with Gasteiger partial charge in [0.15, 0.2) is 0 Å². The number of amides is 1. The van der Waals surface area contributed by atoms with Gasteiger partial charge in [-0.3, -0.25) is 9.69 Å². The number of piperazine rings is 1. The van der Waals surface area contributed by atoms with Crippen molar-refractivity contribution in [3.63, 3.8) is 0 Å². The molecule has 0 radical (unpaired) electrons. The van der Waals surface area contributed by atoms with Gasteiger partial charge in [0, 0.05) is 38.8 Å². The molecule has 4 nitrogen and oxygen atoms in total. The molecule has 0 bridgehead atoms. The third kappa shape index (κ3) is 3.47. The molecule has 0 aromatic rings. The first-order chi connectivity index (χ1) is 7.02. The summed E-state index contributed by atoms with van der Waals surface area (Å²) < 4.78 is 0. The molecule has 0 unspecified atom stereocenters. The van der Waals surface area contributed by atoms with E-state index in [2.05, 4.69) is 17.1 Å². The van der Waals surface area contributed by atoms with Crippen LogP contribution in [0.5, 0.6) is 0 Å². The van der Waals surface area contributed by atoms with Crippen molar-refractivity contribution >= 4 is 5.91 Å². The number of carbonyl (C=O) groups is 1. The second-order valence-corrected chi connectivity index (χ2v) is 4.62. The Balaban J connectivity index is 2.42. The smallest absolute Gasteiger partial charge is 0.236 e. The molecular weight excluding hydrogens is 190 g/mol. The maximum absolute atomic E-state index is 11.9. The molecule has 1 fully saturated rings. The molecule has 1 heterocycles. The molecule has 1 aliphatic rings. The molecule has 1 amide bonds. The SMILES string of the molecule is CC(C)N(C)C(=O)CN1CCNC[C@@H]1C. The van der Waals surface area contributed by atoms with E-state index in [0.29, 0.717) is 12.6 Å². The minimum Gasteiger partial charge on any atom is -0.342 e. The Morgan fingerprint density at radius 1 is 1.60 bits per heavy atom. The zero-order valence-electron chi connectivity index (χ0n) is 10.3. The largest absolute Gasteiger partial charge is 0.342 e. The molecule has 88 valence electrons. The summed E-state index contributed by atoms with van der Waals surface area (Å²) in [7, 11) is 1.87. The van der Waals surface area contributed by atoms with Gasteiger partial charge in [0.2, 0.25) is 5.91 Å². The van der Waals surface area contributed by atoms with E-state index in [1.54, 1.807) is 0 Å². The highest BCUT2D eigenvalue weighted by Gasteiger charge is 2.22. The molecule has 0 aliphatic carbocycles. The lowest BCUT2D eigenvalue weighted by Gasteiger charge is -2.34. The average Bonchev–Trinajstić information content (AvgIpc) is 2.20. The first-order valence-electron chi connectivity index (χ1n) is 5.72. The Morgan fingerprint density at radius 3 is 2.80 bits per heavy atom. The Labute approximate surface area is 92.6 Å². The number of nitrogens with zero attached hydrogens (tertiary/aromatic N) is 2. The van der Waals surface area contributed by atoms with Gasteiger partial charge in [-0.15, -0.1) is 0 Å². The molecule has 0 saturated carbocycles. The van der Waals surface area contributed by atoms with Gasteiger partial charge in [0.05, 0.1) is 6.54 Å². The van der Waals surface area contributed by atoms with Crippen LogP contribution in [0.2, 0.25) is 0 Å². The molecule has 1 saturated heterocycles. The Kier molecular flexibility index (Phi) is 4.54. The first-order valence-corrected chi connectivity index (χ1v) is 5.72. The molecule has 1 atom stereocenters. The average molecular weight is 213 g/mol. The van der Waals surface area contributed by atoms with E-state index in [1.807, 2.05) is 25.8 Å². The van der Waals surface area contributed by atoms with Gasteiger partial charge in [0.1, 0.15) is 0 Å². The first kappa shape index (κ1) is 12.5. The van der Waals surface area contributed by atoms with Crippen LogP contribution in [0.25, 0.3) is 0 Å². The number of hydrogen-bond donors (Lipinski definition) is 1. The molecule has 4 heteroatoms. The standard InChI is InChI=1S/C11H23N3O/c1-9(2)13(4)11(15)8-14-6-5-12-7-10(14)3/h9-10,12H,5-8H2,1-4H3/t10-/m0/s1. The van der Waals surface area contributed by atoms with E-state index in [-0.39, 0.29) is 11.9 Å². The van der Waals surface area contributed by atoms with Gasteiger partial charge in [-0.05, 0) is 20.8 Å². The van der Waals surface area contributed by atoms with Crippen LogP contribution in [0.4, 0.5) is 0 Å². The monoisotopic (exact) mass is 213 g/mol. The van der Waals surface area contributed by atoms with E-state index >= 15 is 0 Å². The third-order valence-corrected chi connectivity index (χ3v) is 3.15. The molecule has 15 heavy (non-hydrogen) atoms. The zero-order valence-corrected chi connectivity index (χ0v) is 10.3. The zero-order chi connectivity index (χ0) is 11.4. The fraction of sp³-hybridized carbons (Fsp3) is 0.909. The summed E-state index contributed by atoms with van der Waals surface area (Å²) in [6, 6.07) is 0.749. The predicted molar refractivity (Wildman–Crippen MR) is 61.8 cm³/mol. The van der Waals surface area contributed by atoms with Crippen LogP contribution in [0.15, 0.2) is 0 Å². The Morgan fingerprint density at radius 2 is 2.27 bits per heavy atom. The van der Waals surface area contributed by atoms with E-state index in [4.69, 9.17) is 0 Å². The van der Waals surface area contributed by atoms with Crippen LogP contribution in [0, 0.1) is 0 Å². The van der Waals surface area contributed by atoms with Crippen LogP contribution in [0.3, 0.4) is 0 Å². The second-order valence-electron chi connectivity index (χ2n) is 4.62. The lowest BCUT2D eigenvalue weighted by molar-refractivity contribution is -0.133. The van der Waals surface area contributed by atoms with Crippen LogP contribution < -0.4 is 5.32 Å². The van der Waals surface area contributed by atoms with Gasteiger partial charge in [0.25, 0.3) is 0 Å². The third-order valence-electron chi connectivity index (χ3n) is 3.15.